The zero-order valence-electron chi connectivity index (χ0n) is 26.4. The second-order valence-corrected chi connectivity index (χ2v) is 11.9. The Balaban J connectivity index is 4.20. The first kappa shape index (κ1) is 35.9. The van der Waals surface area contributed by atoms with Crippen molar-refractivity contribution in [3.8, 4) is 0 Å². The van der Waals surface area contributed by atoms with Gasteiger partial charge in [-0.2, -0.15) is 0 Å². The van der Waals surface area contributed by atoms with E-state index >= 15 is 0 Å². The molecule has 0 aliphatic heterocycles. The van der Waals surface area contributed by atoms with Gasteiger partial charge in [0, 0.05) is 6.61 Å². The first-order chi connectivity index (χ1) is 17.8. The molecule has 0 spiro atoms. The number of hydrogen-bond donors (Lipinski definition) is 0. The molecule has 0 saturated carbocycles. The summed E-state index contributed by atoms with van der Waals surface area (Å²) in [6.45, 7) is 16.5. The molecule has 0 N–H and O–H groups in total. The molecule has 37 heavy (non-hydrogen) atoms. The van der Waals surface area contributed by atoms with Crippen LogP contribution in [-0.4, -0.2) is 12.7 Å². The SMILES string of the molecule is CCCCCCCCCCCCCCCCOC(/C=C(\C)CCC=C(C)C)C/C=C(\C)CCC=C(C)C. The van der Waals surface area contributed by atoms with Crippen LogP contribution in [-0.2, 0) is 4.74 Å². The minimum atomic E-state index is 0.215. The van der Waals surface area contributed by atoms with E-state index in [1.807, 2.05) is 0 Å². The van der Waals surface area contributed by atoms with Crippen molar-refractivity contribution < 1.29 is 4.74 Å². The molecule has 0 fully saturated rings. The number of unbranched alkanes of at least 4 members (excludes halogenated alkanes) is 13. The largest absolute Gasteiger partial charge is 0.374 e. The normalized spacial score (nSPS) is 13.1. The van der Waals surface area contributed by atoms with Crippen molar-refractivity contribution in [1.29, 1.82) is 0 Å². The zero-order chi connectivity index (χ0) is 27.6. The van der Waals surface area contributed by atoms with Gasteiger partial charge in [-0.1, -0.05) is 137 Å². The Labute approximate surface area is 234 Å². The van der Waals surface area contributed by atoms with E-state index < -0.39 is 0 Å². The molecule has 0 aromatic carbocycles. The Morgan fingerprint density at radius 3 is 1.43 bits per heavy atom. The fourth-order valence-corrected chi connectivity index (χ4v) is 4.71. The summed E-state index contributed by atoms with van der Waals surface area (Å²) >= 11 is 0. The Morgan fingerprint density at radius 1 is 0.541 bits per heavy atom. The molecule has 1 atom stereocenters. The molecular weight excluding hydrogens is 448 g/mol. The fourth-order valence-electron chi connectivity index (χ4n) is 4.71. The summed E-state index contributed by atoms with van der Waals surface area (Å²) in [5.41, 5.74) is 5.77. The van der Waals surface area contributed by atoms with E-state index in [0.29, 0.717) is 0 Å². The molecule has 0 heterocycles. The summed E-state index contributed by atoms with van der Waals surface area (Å²) in [4.78, 5) is 0. The van der Waals surface area contributed by atoms with E-state index in [4.69, 9.17) is 4.74 Å². The zero-order valence-corrected chi connectivity index (χ0v) is 26.4. The summed E-state index contributed by atoms with van der Waals surface area (Å²) in [6.07, 6.45) is 34.9. The predicted molar refractivity (Wildman–Crippen MR) is 170 cm³/mol. The maximum Gasteiger partial charge on any atom is 0.0792 e. The van der Waals surface area contributed by atoms with Crippen LogP contribution in [0, 0.1) is 0 Å². The lowest BCUT2D eigenvalue weighted by Gasteiger charge is -2.15. The highest BCUT2D eigenvalue weighted by Crippen LogP contribution is 2.16. The second-order valence-electron chi connectivity index (χ2n) is 11.9. The summed E-state index contributed by atoms with van der Waals surface area (Å²) in [6, 6.07) is 0. The van der Waals surface area contributed by atoms with Crippen molar-refractivity contribution in [3.63, 3.8) is 0 Å². The molecule has 0 bridgehead atoms. The molecular formula is C36H66O. The van der Waals surface area contributed by atoms with Crippen LogP contribution < -0.4 is 0 Å². The van der Waals surface area contributed by atoms with E-state index in [1.165, 1.54) is 112 Å². The highest BCUT2D eigenvalue weighted by molar-refractivity contribution is 5.09. The van der Waals surface area contributed by atoms with E-state index in [1.54, 1.807) is 0 Å². The Kier molecular flexibility index (Phi) is 25.7. The van der Waals surface area contributed by atoms with Crippen LogP contribution in [0.15, 0.2) is 46.6 Å². The van der Waals surface area contributed by atoms with E-state index in [0.717, 1.165) is 38.7 Å². The molecule has 0 aliphatic rings. The summed E-state index contributed by atoms with van der Waals surface area (Å²) < 4.78 is 6.39. The van der Waals surface area contributed by atoms with Gasteiger partial charge in [0.25, 0.3) is 0 Å². The maximum atomic E-state index is 6.39. The fraction of sp³-hybridized carbons (Fsp3) is 0.778. The number of rotatable bonds is 25. The number of hydrogen-bond acceptors (Lipinski definition) is 1. The van der Waals surface area contributed by atoms with Gasteiger partial charge in [-0.15, -0.1) is 0 Å². The average molecular weight is 515 g/mol. The molecule has 0 radical (unpaired) electrons. The molecule has 216 valence electrons. The Hall–Kier alpha value is -1.08. The maximum absolute atomic E-state index is 6.39. The number of ether oxygens (including phenoxy) is 1. The van der Waals surface area contributed by atoms with Crippen LogP contribution in [0.3, 0.4) is 0 Å². The molecule has 0 aromatic rings. The van der Waals surface area contributed by atoms with E-state index in [9.17, 15) is 0 Å². The van der Waals surface area contributed by atoms with Gasteiger partial charge in [-0.05, 0) is 80.1 Å². The van der Waals surface area contributed by atoms with Gasteiger partial charge in [-0.25, -0.2) is 0 Å². The Morgan fingerprint density at radius 2 is 0.973 bits per heavy atom. The van der Waals surface area contributed by atoms with Gasteiger partial charge in [0.15, 0.2) is 0 Å². The molecule has 0 aromatic heterocycles. The molecule has 0 saturated heterocycles. The first-order valence-corrected chi connectivity index (χ1v) is 16.1. The van der Waals surface area contributed by atoms with E-state index in [2.05, 4.69) is 72.8 Å². The van der Waals surface area contributed by atoms with Crippen LogP contribution in [0.1, 0.15) is 170 Å². The number of allylic oxidation sites excluding steroid dienone is 6. The van der Waals surface area contributed by atoms with Gasteiger partial charge in [0.2, 0.25) is 0 Å². The summed E-state index contributed by atoms with van der Waals surface area (Å²) in [5.74, 6) is 0. The first-order valence-electron chi connectivity index (χ1n) is 16.1. The van der Waals surface area contributed by atoms with Crippen molar-refractivity contribution in [2.45, 2.75) is 177 Å². The lowest BCUT2D eigenvalue weighted by molar-refractivity contribution is 0.0830. The summed E-state index contributed by atoms with van der Waals surface area (Å²) in [7, 11) is 0. The quantitative estimate of drug-likeness (QED) is 0.0869. The van der Waals surface area contributed by atoms with Gasteiger partial charge in [-0.3, -0.25) is 0 Å². The van der Waals surface area contributed by atoms with Gasteiger partial charge >= 0.3 is 0 Å². The smallest absolute Gasteiger partial charge is 0.0792 e. The van der Waals surface area contributed by atoms with E-state index in [-0.39, 0.29) is 6.10 Å². The van der Waals surface area contributed by atoms with Crippen LogP contribution in [0.4, 0.5) is 0 Å². The predicted octanol–water partition coefficient (Wildman–Crippen LogP) is 12.6. The van der Waals surface area contributed by atoms with Gasteiger partial charge in [0.1, 0.15) is 0 Å². The van der Waals surface area contributed by atoms with Gasteiger partial charge in [0.05, 0.1) is 6.10 Å². The van der Waals surface area contributed by atoms with Crippen LogP contribution in [0.5, 0.6) is 0 Å². The van der Waals surface area contributed by atoms with Crippen LogP contribution in [0.2, 0.25) is 0 Å². The van der Waals surface area contributed by atoms with Crippen molar-refractivity contribution in [3.05, 3.63) is 46.6 Å². The topological polar surface area (TPSA) is 9.23 Å². The highest BCUT2D eigenvalue weighted by Gasteiger charge is 2.06. The van der Waals surface area contributed by atoms with Crippen LogP contribution in [0.25, 0.3) is 0 Å². The van der Waals surface area contributed by atoms with Crippen molar-refractivity contribution in [2.24, 2.45) is 0 Å². The monoisotopic (exact) mass is 515 g/mol. The summed E-state index contributed by atoms with van der Waals surface area (Å²) in [5, 5.41) is 0. The lowest BCUT2D eigenvalue weighted by atomic mass is 10.0. The molecule has 0 aliphatic carbocycles. The van der Waals surface area contributed by atoms with Gasteiger partial charge < -0.3 is 4.74 Å². The average Bonchev–Trinajstić information content (AvgIpc) is 2.84. The standard InChI is InChI=1S/C36H66O/c1-8-9-10-11-12-13-14-15-16-17-18-19-20-21-30-37-36(31-35(7)27-23-25-33(4)5)29-28-34(6)26-22-24-32(2)3/h24-25,28,31,36H,8-23,26-27,29-30H2,1-7H3/b34-28+,35-31+. The van der Waals surface area contributed by atoms with Crippen LogP contribution >= 0.6 is 0 Å². The molecule has 1 unspecified atom stereocenters. The minimum Gasteiger partial charge on any atom is -0.374 e. The third-order valence-corrected chi connectivity index (χ3v) is 7.18. The van der Waals surface area contributed by atoms with Crippen molar-refractivity contribution in [2.75, 3.05) is 6.61 Å². The molecule has 1 nitrogen and oxygen atoms in total. The third-order valence-electron chi connectivity index (χ3n) is 7.18. The van der Waals surface area contributed by atoms with Crippen molar-refractivity contribution in [1.82, 2.24) is 0 Å². The Bertz CT molecular complexity index is 625. The molecule has 0 rings (SSSR count). The lowest BCUT2D eigenvalue weighted by Crippen LogP contribution is -2.11. The minimum absolute atomic E-state index is 0.215. The third kappa shape index (κ3) is 27.8. The molecule has 0 amide bonds. The highest BCUT2D eigenvalue weighted by atomic mass is 16.5. The molecule has 1 heteroatoms. The second kappa shape index (κ2) is 26.5. The van der Waals surface area contributed by atoms with Crippen molar-refractivity contribution >= 4 is 0 Å².